The van der Waals surface area contributed by atoms with E-state index in [-0.39, 0.29) is 0 Å². The van der Waals surface area contributed by atoms with Crippen LogP contribution in [0.15, 0.2) is 18.2 Å². The standard InChI is InChI=1S/C17H27NO3/c1-18-14(7-8-15-5-4-10-21-15)11-13-6-9-16(19-2)17(12-13)20-3/h6,9,12,14-15,18H,4-5,7-8,10-11H2,1-3H3. The minimum Gasteiger partial charge on any atom is -0.493 e. The molecule has 0 radical (unpaired) electrons. The first-order chi connectivity index (χ1) is 10.3. The van der Waals surface area contributed by atoms with Crippen LogP contribution in [0.4, 0.5) is 0 Å². The number of rotatable bonds is 8. The van der Waals surface area contributed by atoms with E-state index < -0.39 is 0 Å². The Balaban J connectivity index is 1.90. The van der Waals surface area contributed by atoms with Gasteiger partial charge in [-0.3, -0.25) is 0 Å². The average Bonchev–Trinajstić information content (AvgIpc) is 3.04. The van der Waals surface area contributed by atoms with Crippen LogP contribution in [0.5, 0.6) is 11.5 Å². The smallest absolute Gasteiger partial charge is 0.160 e. The normalized spacial score (nSPS) is 19.5. The number of nitrogens with one attached hydrogen (secondary N) is 1. The summed E-state index contributed by atoms with van der Waals surface area (Å²) in [6.45, 7) is 0.935. The van der Waals surface area contributed by atoms with Gasteiger partial charge in [0.15, 0.2) is 11.5 Å². The molecule has 1 saturated heterocycles. The van der Waals surface area contributed by atoms with Gasteiger partial charge in [-0.2, -0.15) is 0 Å². The van der Waals surface area contributed by atoms with Crippen LogP contribution >= 0.6 is 0 Å². The summed E-state index contributed by atoms with van der Waals surface area (Å²) >= 11 is 0. The lowest BCUT2D eigenvalue weighted by molar-refractivity contribution is 0.0998. The van der Waals surface area contributed by atoms with E-state index in [0.717, 1.165) is 37.4 Å². The lowest BCUT2D eigenvalue weighted by Crippen LogP contribution is -2.28. The van der Waals surface area contributed by atoms with E-state index in [1.807, 2.05) is 13.1 Å². The third-order valence-corrected chi connectivity index (χ3v) is 4.20. The highest BCUT2D eigenvalue weighted by Gasteiger charge is 2.18. The molecular weight excluding hydrogens is 266 g/mol. The number of likely N-dealkylation sites (N-methyl/N-ethyl adjacent to an activating group) is 1. The van der Waals surface area contributed by atoms with Crippen molar-refractivity contribution in [1.29, 1.82) is 0 Å². The zero-order valence-corrected chi connectivity index (χ0v) is 13.4. The van der Waals surface area contributed by atoms with E-state index in [1.165, 1.54) is 18.4 Å². The van der Waals surface area contributed by atoms with E-state index in [4.69, 9.17) is 14.2 Å². The molecule has 1 aromatic rings. The Bertz CT molecular complexity index is 430. The van der Waals surface area contributed by atoms with Crippen LogP contribution in [-0.2, 0) is 11.2 Å². The molecule has 1 aliphatic heterocycles. The lowest BCUT2D eigenvalue weighted by Gasteiger charge is -2.19. The van der Waals surface area contributed by atoms with Crippen LogP contribution in [0.2, 0.25) is 0 Å². The number of hydrogen-bond donors (Lipinski definition) is 1. The SMILES string of the molecule is CNC(CCC1CCCO1)Cc1ccc(OC)c(OC)c1. The van der Waals surface area contributed by atoms with Crippen molar-refractivity contribution in [2.45, 2.75) is 44.2 Å². The molecule has 1 aliphatic rings. The molecule has 4 heteroatoms. The highest BCUT2D eigenvalue weighted by atomic mass is 16.5. The van der Waals surface area contributed by atoms with Gasteiger partial charge in [0, 0.05) is 12.6 Å². The summed E-state index contributed by atoms with van der Waals surface area (Å²) in [6.07, 6.45) is 6.15. The van der Waals surface area contributed by atoms with Gasteiger partial charge in [-0.15, -0.1) is 0 Å². The molecule has 0 aromatic heterocycles. The van der Waals surface area contributed by atoms with Gasteiger partial charge < -0.3 is 19.5 Å². The lowest BCUT2D eigenvalue weighted by atomic mass is 9.99. The zero-order chi connectivity index (χ0) is 15.1. The first-order valence-corrected chi connectivity index (χ1v) is 7.76. The van der Waals surface area contributed by atoms with Crippen LogP contribution < -0.4 is 14.8 Å². The fraction of sp³-hybridized carbons (Fsp3) is 0.647. The van der Waals surface area contributed by atoms with E-state index >= 15 is 0 Å². The second-order valence-corrected chi connectivity index (χ2v) is 5.59. The van der Waals surface area contributed by atoms with Crippen molar-refractivity contribution in [2.24, 2.45) is 0 Å². The molecule has 1 aromatic carbocycles. The van der Waals surface area contributed by atoms with Crippen LogP contribution in [0.3, 0.4) is 0 Å². The van der Waals surface area contributed by atoms with Gasteiger partial charge in [-0.25, -0.2) is 0 Å². The van der Waals surface area contributed by atoms with Gasteiger partial charge in [0.1, 0.15) is 0 Å². The Hall–Kier alpha value is -1.26. The molecule has 2 atom stereocenters. The minimum atomic E-state index is 0.464. The molecule has 1 fully saturated rings. The summed E-state index contributed by atoms with van der Waals surface area (Å²) in [5.74, 6) is 1.57. The molecule has 21 heavy (non-hydrogen) atoms. The Morgan fingerprint density at radius 2 is 2.10 bits per heavy atom. The van der Waals surface area contributed by atoms with Crippen molar-refractivity contribution in [1.82, 2.24) is 5.32 Å². The minimum absolute atomic E-state index is 0.464. The molecule has 0 aliphatic carbocycles. The van der Waals surface area contributed by atoms with E-state index in [1.54, 1.807) is 14.2 Å². The Labute approximate surface area is 127 Å². The molecule has 1 N–H and O–H groups in total. The number of benzene rings is 1. The Morgan fingerprint density at radius 3 is 2.71 bits per heavy atom. The molecular formula is C17H27NO3. The molecule has 0 saturated carbocycles. The van der Waals surface area contributed by atoms with Crippen molar-refractivity contribution in [2.75, 3.05) is 27.9 Å². The largest absolute Gasteiger partial charge is 0.493 e. The molecule has 1 heterocycles. The molecule has 2 rings (SSSR count). The first kappa shape index (κ1) is 16.1. The van der Waals surface area contributed by atoms with Gasteiger partial charge >= 0.3 is 0 Å². The van der Waals surface area contributed by atoms with E-state index in [2.05, 4.69) is 17.4 Å². The zero-order valence-electron chi connectivity index (χ0n) is 13.4. The third kappa shape index (κ3) is 4.61. The topological polar surface area (TPSA) is 39.7 Å². The van der Waals surface area contributed by atoms with Crippen molar-refractivity contribution in [3.8, 4) is 11.5 Å². The van der Waals surface area contributed by atoms with Crippen LogP contribution in [0, 0.1) is 0 Å². The fourth-order valence-corrected chi connectivity index (χ4v) is 2.90. The average molecular weight is 293 g/mol. The number of methoxy groups -OCH3 is 2. The predicted octanol–water partition coefficient (Wildman–Crippen LogP) is 2.79. The van der Waals surface area contributed by atoms with Crippen LogP contribution in [-0.4, -0.2) is 40.0 Å². The fourth-order valence-electron chi connectivity index (χ4n) is 2.90. The van der Waals surface area contributed by atoms with E-state index in [9.17, 15) is 0 Å². The second-order valence-electron chi connectivity index (χ2n) is 5.59. The van der Waals surface area contributed by atoms with Crippen LogP contribution in [0.25, 0.3) is 0 Å². The summed E-state index contributed by atoms with van der Waals surface area (Å²) in [6, 6.07) is 6.61. The molecule has 2 unspecified atom stereocenters. The predicted molar refractivity (Wildman–Crippen MR) is 84.3 cm³/mol. The number of ether oxygens (including phenoxy) is 3. The first-order valence-electron chi connectivity index (χ1n) is 7.76. The summed E-state index contributed by atoms with van der Waals surface area (Å²) in [5, 5.41) is 3.41. The molecule has 118 valence electrons. The van der Waals surface area contributed by atoms with Crippen molar-refractivity contribution >= 4 is 0 Å². The molecule has 0 amide bonds. The quantitative estimate of drug-likeness (QED) is 0.800. The highest BCUT2D eigenvalue weighted by molar-refractivity contribution is 5.43. The van der Waals surface area contributed by atoms with Gasteiger partial charge in [0.05, 0.1) is 20.3 Å². The summed E-state index contributed by atoms with van der Waals surface area (Å²) in [7, 11) is 5.37. The summed E-state index contributed by atoms with van der Waals surface area (Å²) in [4.78, 5) is 0. The maximum atomic E-state index is 5.70. The summed E-state index contributed by atoms with van der Waals surface area (Å²) in [5.41, 5.74) is 1.26. The summed E-state index contributed by atoms with van der Waals surface area (Å²) < 4.78 is 16.3. The van der Waals surface area contributed by atoms with Gasteiger partial charge in [0.25, 0.3) is 0 Å². The third-order valence-electron chi connectivity index (χ3n) is 4.20. The van der Waals surface area contributed by atoms with Gasteiger partial charge in [-0.05, 0) is 56.8 Å². The van der Waals surface area contributed by atoms with Gasteiger partial charge in [-0.1, -0.05) is 6.07 Å². The van der Waals surface area contributed by atoms with Gasteiger partial charge in [0.2, 0.25) is 0 Å². The molecule has 0 spiro atoms. The monoisotopic (exact) mass is 293 g/mol. The molecule has 4 nitrogen and oxygen atoms in total. The van der Waals surface area contributed by atoms with E-state index in [0.29, 0.717) is 12.1 Å². The highest BCUT2D eigenvalue weighted by Crippen LogP contribution is 2.28. The Kier molecular flexibility index (Phi) is 6.33. The second kappa shape index (κ2) is 8.25. The maximum absolute atomic E-state index is 5.70. The maximum Gasteiger partial charge on any atom is 0.160 e. The van der Waals surface area contributed by atoms with Crippen molar-refractivity contribution < 1.29 is 14.2 Å². The van der Waals surface area contributed by atoms with Crippen molar-refractivity contribution in [3.63, 3.8) is 0 Å². The Morgan fingerprint density at radius 1 is 1.29 bits per heavy atom. The number of hydrogen-bond acceptors (Lipinski definition) is 4. The van der Waals surface area contributed by atoms with Crippen LogP contribution in [0.1, 0.15) is 31.2 Å². The molecule has 0 bridgehead atoms. The van der Waals surface area contributed by atoms with Crippen molar-refractivity contribution in [3.05, 3.63) is 23.8 Å².